The van der Waals surface area contributed by atoms with E-state index in [0.717, 1.165) is 49.3 Å². The van der Waals surface area contributed by atoms with Gasteiger partial charge in [0.25, 0.3) is 0 Å². The first-order chi connectivity index (χ1) is 12.6. The van der Waals surface area contributed by atoms with Gasteiger partial charge in [-0.15, -0.1) is 0 Å². The summed E-state index contributed by atoms with van der Waals surface area (Å²) in [5, 5.41) is 6.95. The van der Waals surface area contributed by atoms with E-state index in [1.165, 1.54) is 0 Å². The van der Waals surface area contributed by atoms with E-state index in [-0.39, 0.29) is 6.03 Å². The number of amides is 2. The highest BCUT2D eigenvalue weighted by molar-refractivity contribution is 6.00. The molecule has 2 aromatic rings. The molecule has 6 heteroatoms. The SMILES string of the molecule is CC(C)C[C@H](CNC(=O)Nc1cccc2ncccc12)N1CCOCC1. The Labute approximate surface area is 154 Å². The highest BCUT2D eigenvalue weighted by Crippen LogP contribution is 2.21. The van der Waals surface area contributed by atoms with Gasteiger partial charge >= 0.3 is 6.03 Å². The van der Waals surface area contributed by atoms with E-state index in [1.807, 2.05) is 30.3 Å². The average Bonchev–Trinajstić information content (AvgIpc) is 2.66. The fraction of sp³-hybridized carbons (Fsp3) is 0.500. The second-order valence-electron chi connectivity index (χ2n) is 7.14. The maximum atomic E-state index is 12.4. The van der Waals surface area contributed by atoms with E-state index in [9.17, 15) is 4.79 Å². The van der Waals surface area contributed by atoms with Crippen molar-refractivity contribution in [2.45, 2.75) is 26.3 Å². The summed E-state index contributed by atoms with van der Waals surface area (Å²) < 4.78 is 5.45. The molecular formula is C20H28N4O2. The number of nitrogens with one attached hydrogen (secondary N) is 2. The number of anilines is 1. The van der Waals surface area contributed by atoms with Crippen LogP contribution in [-0.4, -0.2) is 54.8 Å². The average molecular weight is 356 g/mol. The summed E-state index contributed by atoms with van der Waals surface area (Å²) in [7, 11) is 0. The predicted octanol–water partition coefficient (Wildman–Crippen LogP) is 3.10. The molecule has 1 aromatic carbocycles. The summed E-state index contributed by atoms with van der Waals surface area (Å²) in [5.74, 6) is 0.580. The molecule has 0 unspecified atom stereocenters. The van der Waals surface area contributed by atoms with E-state index in [4.69, 9.17) is 4.74 Å². The number of benzene rings is 1. The molecular weight excluding hydrogens is 328 g/mol. The minimum absolute atomic E-state index is 0.177. The predicted molar refractivity (Wildman–Crippen MR) is 104 cm³/mol. The lowest BCUT2D eigenvalue weighted by Gasteiger charge is -2.35. The van der Waals surface area contributed by atoms with E-state index < -0.39 is 0 Å². The number of ether oxygens (including phenoxy) is 1. The molecule has 2 N–H and O–H groups in total. The highest BCUT2D eigenvalue weighted by Gasteiger charge is 2.22. The smallest absolute Gasteiger partial charge is 0.319 e. The Bertz CT molecular complexity index is 723. The van der Waals surface area contributed by atoms with Gasteiger partial charge in [-0.2, -0.15) is 0 Å². The van der Waals surface area contributed by atoms with Gasteiger partial charge in [0.1, 0.15) is 0 Å². The van der Waals surface area contributed by atoms with Gasteiger partial charge < -0.3 is 15.4 Å². The second-order valence-corrected chi connectivity index (χ2v) is 7.14. The van der Waals surface area contributed by atoms with Crippen LogP contribution in [0.3, 0.4) is 0 Å². The summed E-state index contributed by atoms with van der Waals surface area (Å²) >= 11 is 0. The Hall–Kier alpha value is -2.18. The summed E-state index contributed by atoms with van der Waals surface area (Å²) in [5.41, 5.74) is 1.65. The number of nitrogens with zero attached hydrogens (tertiary/aromatic N) is 2. The van der Waals surface area contributed by atoms with Crippen molar-refractivity contribution in [1.82, 2.24) is 15.2 Å². The zero-order valence-electron chi connectivity index (χ0n) is 15.6. The van der Waals surface area contributed by atoms with Crippen LogP contribution in [-0.2, 0) is 4.74 Å². The number of urea groups is 1. The molecule has 3 rings (SSSR count). The normalized spacial score (nSPS) is 16.6. The molecule has 26 heavy (non-hydrogen) atoms. The van der Waals surface area contributed by atoms with Crippen LogP contribution in [0.15, 0.2) is 36.5 Å². The summed E-state index contributed by atoms with van der Waals surface area (Å²) in [6.45, 7) is 8.46. The fourth-order valence-electron chi connectivity index (χ4n) is 3.44. The van der Waals surface area contributed by atoms with Gasteiger partial charge in [0.05, 0.1) is 24.4 Å². The quantitative estimate of drug-likeness (QED) is 0.835. The van der Waals surface area contributed by atoms with Crippen LogP contribution in [0, 0.1) is 5.92 Å². The Morgan fingerprint density at radius 3 is 2.81 bits per heavy atom. The van der Waals surface area contributed by atoms with E-state index >= 15 is 0 Å². The molecule has 1 fully saturated rings. The number of aromatic nitrogens is 1. The molecule has 140 valence electrons. The lowest BCUT2D eigenvalue weighted by atomic mass is 10.0. The molecule has 0 saturated carbocycles. The number of hydrogen-bond donors (Lipinski definition) is 2. The Kier molecular flexibility index (Phi) is 6.41. The minimum atomic E-state index is -0.177. The van der Waals surface area contributed by atoms with E-state index in [2.05, 4.69) is 34.4 Å². The second kappa shape index (κ2) is 8.96. The molecule has 1 aliphatic rings. The van der Waals surface area contributed by atoms with Crippen LogP contribution in [0.2, 0.25) is 0 Å². The Morgan fingerprint density at radius 1 is 1.23 bits per heavy atom. The van der Waals surface area contributed by atoms with E-state index in [0.29, 0.717) is 18.5 Å². The number of rotatable bonds is 6. The Morgan fingerprint density at radius 2 is 2.04 bits per heavy atom. The molecule has 2 amide bonds. The number of fused-ring (bicyclic) bond motifs is 1. The topological polar surface area (TPSA) is 66.5 Å². The summed E-state index contributed by atoms with van der Waals surface area (Å²) in [4.78, 5) is 19.2. The molecule has 0 spiro atoms. The first kappa shape index (κ1) is 18.6. The maximum Gasteiger partial charge on any atom is 0.319 e. The molecule has 0 aliphatic carbocycles. The van der Waals surface area contributed by atoms with Gasteiger partial charge in [0.2, 0.25) is 0 Å². The molecule has 1 saturated heterocycles. The van der Waals surface area contributed by atoms with Crippen LogP contribution in [0.25, 0.3) is 10.9 Å². The monoisotopic (exact) mass is 356 g/mol. The molecule has 1 aliphatic heterocycles. The largest absolute Gasteiger partial charge is 0.379 e. The molecule has 0 radical (unpaired) electrons. The van der Waals surface area contributed by atoms with Crippen molar-refractivity contribution in [2.24, 2.45) is 5.92 Å². The maximum absolute atomic E-state index is 12.4. The van der Waals surface area contributed by atoms with Crippen molar-refractivity contribution in [3.63, 3.8) is 0 Å². The minimum Gasteiger partial charge on any atom is -0.379 e. The lowest BCUT2D eigenvalue weighted by Crippen LogP contribution is -2.49. The fourth-order valence-corrected chi connectivity index (χ4v) is 3.44. The summed E-state index contributed by atoms with van der Waals surface area (Å²) in [6.07, 6.45) is 2.81. The highest BCUT2D eigenvalue weighted by atomic mass is 16.5. The van der Waals surface area contributed by atoms with Gasteiger partial charge in [-0.25, -0.2) is 4.79 Å². The first-order valence-corrected chi connectivity index (χ1v) is 9.34. The van der Waals surface area contributed by atoms with Crippen LogP contribution < -0.4 is 10.6 Å². The molecule has 1 atom stereocenters. The van der Waals surface area contributed by atoms with Gasteiger partial charge in [0, 0.05) is 37.3 Å². The molecule has 1 aromatic heterocycles. The van der Waals surface area contributed by atoms with Crippen molar-refractivity contribution in [3.8, 4) is 0 Å². The standard InChI is InChI=1S/C20H28N4O2/c1-15(2)13-16(24-9-11-26-12-10-24)14-22-20(25)23-19-7-3-6-18-17(19)5-4-8-21-18/h3-8,15-16H,9-14H2,1-2H3,(H2,22,23,25)/t16-/m1/s1. The number of pyridine rings is 1. The zero-order valence-corrected chi connectivity index (χ0v) is 15.6. The van der Waals surface area contributed by atoms with Gasteiger partial charge in [0.15, 0.2) is 0 Å². The third kappa shape index (κ3) is 4.93. The van der Waals surface area contributed by atoms with Crippen LogP contribution >= 0.6 is 0 Å². The van der Waals surface area contributed by atoms with Crippen molar-refractivity contribution >= 4 is 22.6 Å². The van der Waals surface area contributed by atoms with Crippen LogP contribution in [0.4, 0.5) is 10.5 Å². The number of carbonyl (C=O) groups excluding carboxylic acids is 1. The van der Waals surface area contributed by atoms with Crippen LogP contribution in [0.1, 0.15) is 20.3 Å². The van der Waals surface area contributed by atoms with Crippen molar-refractivity contribution in [2.75, 3.05) is 38.2 Å². The number of carbonyl (C=O) groups is 1. The van der Waals surface area contributed by atoms with Crippen LogP contribution in [0.5, 0.6) is 0 Å². The lowest BCUT2D eigenvalue weighted by molar-refractivity contribution is 0.0130. The van der Waals surface area contributed by atoms with Crippen molar-refractivity contribution in [1.29, 1.82) is 0 Å². The first-order valence-electron chi connectivity index (χ1n) is 9.34. The van der Waals surface area contributed by atoms with Crippen molar-refractivity contribution in [3.05, 3.63) is 36.5 Å². The molecule has 6 nitrogen and oxygen atoms in total. The zero-order chi connectivity index (χ0) is 18.4. The third-order valence-corrected chi connectivity index (χ3v) is 4.70. The Balaban J connectivity index is 1.60. The summed E-state index contributed by atoms with van der Waals surface area (Å²) in [6, 6.07) is 9.74. The van der Waals surface area contributed by atoms with Crippen molar-refractivity contribution < 1.29 is 9.53 Å². The van der Waals surface area contributed by atoms with E-state index in [1.54, 1.807) is 6.20 Å². The molecule has 0 bridgehead atoms. The van der Waals surface area contributed by atoms with Gasteiger partial charge in [-0.1, -0.05) is 19.9 Å². The van der Waals surface area contributed by atoms with Gasteiger partial charge in [-0.3, -0.25) is 9.88 Å². The third-order valence-electron chi connectivity index (χ3n) is 4.70. The number of morpholine rings is 1. The molecule has 2 heterocycles. The van der Waals surface area contributed by atoms with Gasteiger partial charge in [-0.05, 0) is 36.6 Å². The number of hydrogen-bond acceptors (Lipinski definition) is 4.